The van der Waals surface area contributed by atoms with Crippen LogP contribution in [0.5, 0.6) is 11.5 Å². The molecule has 6 nitrogen and oxygen atoms in total. The van der Waals surface area contributed by atoms with Gasteiger partial charge in [0, 0.05) is 0 Å². The summed E-state index contributed by atoms with van der Waals surface area (Å²) in [6, 6.07) is 5.36. The number of ether oxygens (including phenoxy) is 2. The number of hydrogen-bond donors (Lipinski definition) is 0. The second kappa shape index (κ2) is 6.02. The largest absolute Gasteiger partial charge is 0.493 e. The van der Waals surface area contributed by atoms with Crippen LogP contribution < -0.4 is 9.47 Å². The Balaban J connectivity index is 1.56. The van der Waals surface area contributed by atoms with Gasteiger partial charge in [0.25, 0.3) is 11.8 Å². The quantitative estimate of drug-likeness (QED) is 0.468. The highest BCUT2D eigenvalue weighted by atomic mass is 16.5. The number of carbonyl (C=O) groups is 2. The van der Waals surface area contributed by atoms with Crippen molar-refractivity contribution in [3.8, 4) is 11.5 Å². The van der Waals surface area contributed by atoms with E-state index in [1.54, 1.807) is 19.2 Å². The van der Waals surface area contributed by atoms with Crippen LogP contribution in [0, 0.1) is 23.7 Å². The highest BCUT2D eigenvalue weighted by molar-refractivity contribution is 6.06. The van der Waals surface area contributed by atoms with Crippen LogP contribution in [-0.2, 0) is 9.59 Å². The number of hydrogen-bond acceptors (Lipinski definition) is 5. The molecule has 0 aromatic heterocycles. The molecule has 0 unspecified atom stereocenters. The molecule has 3 aliphatic rings. The smallest absolute Gasteiger partial charge is 0.254 e. The number of methoxy groups -OCH3 is 1. The summed E-state index contributed by atoms with van der Waals surface area (Å²) < 4.78 is 10.8. The van der Waals surface area contributed by atoms with Crippen LogP contribution in [0.15, 0.2) is 35.5 Å². The number of carbonyl (C=O) groups excluding carboxylic acids is 2. The molecule has 1 aromatic carbocycles. The summed E-state index contributed by atoms with van der Waals surface area (Å²) in [7, 11) is 1.58. The van der Waals surface area contributed by atoms with Crippen molar-refractivity contribution in [1.29, 1.82) is 0 Å². The second-order valence-electron chi connectivity index (χ2n) is 6.58. The number of fused-ring (bicyclic) bond motifs is 5. The molecule has 0 spiro atoms. The van der Waals surface area contributed by atoms with E-state index in [2.05, 4.69) is 17.3 Å². The lowest BCUT2D eigenvalue weighted by Crippen LogP contribution is -2.28. The van der Waals surface area contributed by atoms with E-state index in [1.165, 1.54) is 6.21 Å². The summed E-state index contributed by atoms with van der Waals surface area (Å²) in [4.78, 5) is 25.2. The van der Waals surface area contributed by atoms with E-state index in [4.69, 9.17) is 9.47 Å². The van der Waals surface area contributed by atoms with E-state index in [0.717, 1.165) is 17.0 Å². The summed E-state index contributed by atoms with van der Waals surface area (Å²) in [5, 5.41) is 5.22. The van der Waals surface area contributed by atoms with Gasteiger partial charge >= 0.3 is 0 Å². The number of allylic oxidation sites excluding steroid dienone is 2. The zero-order valence-electron chi connectivity index (χ0n) is 14.2. The van der Waals surface area contributed by atoms with Gasteiger partial charge in [0.05, 0.1) is 31.8 Å². The van der Waals surface area contributed by atoms with E-state index >= 15 is 0 Å². The first-order chi connectivity index (χ1) is 12.1. The topological polar surface area (TPSA) is 68.2 Å². The highest BCUT2D eigenvalue weighted by Crippen LogP contribution is 2.52. The SMILES string of the molecule is CCOc1cc(/C=N\N2C(=O)[C@@H]3[C@H](C2=O)[C@H]2C=C[C@H]3C2)ccc1OC. The molecule has 0 radical (unpaired) electrons. The first-order valence-corrected chi connectivity index (χ1v) is 8.55. The molecular weight excluding hydrogens is 320 g/mol. The molecule has 1 saturated heterocycles. The molecule has 1 aromatic rings. The van der Waals surface area contributed by atoms with E-state index in [0.29, 0.717) is 18.1 Å². The molecule has 4 atom stereocenters. The fourth-order valence-corrected chi connectivity index (χ4v) is 4.17. The average molecular weight is 340 g/mol. The number of hydrazone groups is 1. The van der Waals surface area contributed by atoms with Crippen LogP contribution in [0.4, 0.5) is 0 Å². The normalized spacial score (nSPS) is 29.8. The van der Waals surface area contributed by atoms with E-state index < -0.39 is 0 Å². The Hall–Kier alpha value is -2.63. The van der Waals surface area contributed by atoms with Crippen molar-refractivity contribution in [1.82, 2.24) is 5.01 Å². The minimum absolute atomic E-state index is 0.179. The summed E-state index contributed by atoms with van der Waals surface area (Å²) in [6.45, 7) is 2.40. The first kappa shape index (κ1) is 15.9. The molecule has 2 amide bonds. The third kappa shape index (κ3) is 2.44. The second-order valence-corrected chi connectivity index (χ2v) is 6.58. The standard InChI is InChI=1S/C19H20N2O4/c1-3-25-15-8-11(4-7-14(15)24-2)10-20-21-18(22)16-12-5-6-13(9-12)17(16)19(21)23/h4-8,10,12-13,16-17H,3,9H2,1-2H3/b20-10-/t12-,13-,16-,17+/m0/s1. The summed E-state index contributed by atoms with van der Waals surface area (Å²) in [5.41, 5.74) is 0.739. The molecule has 2 fully saturated rings. The molecule has 2 aliphatic carbocycles. The van der Waals surface area contributed by atoms with Crippen LogP contribution in [0.2, 0.25) is 0 Å². The number of imide groups is 1. The van der Waals surface area contributed by atoms with Crippen molar-refractivity contribution in [2.45, 2.75) is 13.3 Å². The van der Waals surface area contributed by atoms with Gasteiger partial charge in [-0.3, -0.25) is 9.59 Å². The molecular formula is C19H20N2O4. The molecule has 1 saturated carbocycles. The average Bonchev–Trinajstić information content (AvgIpc) is 3.29. The van der Waals surface area contributed by atoms with E-state index in [-0.39, 0.29) is 35.5 Å². The van der Waals surface area contributed by atoms with Crippen LogP contribution in [0.3, 0.4) is 0 Å². The Labute approximate surface area is 146 Å². The van der Waals surface area contributed by atoms with Gasteiger partial charge in [-0.15, -0.1) is 0 Å². The van der Waals surface area contributed by atoms with E-state index in [1.807, 2.05) is 13.0 Å². The van der Waals surface area contributed by atoms with E-state index in [9.17, 15) is 9.59 Å². The maximum Gasteiger partial charge on any atom is 0.254 e. The molecule has 130 valence electrons. The lowest BCUT2D eigenvalue weighted by molar-refractivity contribution is -0.140. The maximum absolute atomic E-state index is 12.6. The molecule has 1 heterocycles. The first-order valence-electron chi connectivity index (χ1n) is 8.55. The zero-order chi connectivity index (χ0) is 17.6. The van der Waals surface area contributed by atoms with Gasteiger partial charge in [-0.25, -0.2) is 0 Å². The molecule has 0 N–H and O–H groups in total. The molecule has 6 heteroatoms. The van der Waals surface area contributed by atoms with Gasteiger partial charge in [-0.1, -0.05) is 12.2 Å². The van der Waals surface area contributed by atoms with Gasteiger partial charge in [0.15, 0.2) is 11.5 Å². The minimum Gasteiger partial charge on any atom is -0.493 e. The fourth-order valence-electron chi connectivity index (χ4n) is 4.17. The number of nitrogens with zero attached hydrogens (tertiary/aromatic N) is 2. The van der Waals surface area contributed by atoms with Gasteiger partial charge in [-0.2, -0.15) is 10.1 Å². The Morgan fingerprint density at radius 3 is 2.44 bits per heavy atom. The third-order valence-electron chi connectivity index (χ3n) is 5.26. The Kier molecular flexibility index (Phi) is 3.82. The van der Waals surface area contributed by atoms with Crippen molar-refractivity contribution in [2.75, 3.05) is 13.7 Å². The van der Waals surface area contributed by atoms with Gasteiger partial charge in [-0.05, 0) is 48.9 Å². The van der Waals surface area contributed by atoms with Crippen molar-refractivity contribution < 1.29 is 19.1 Å². The van der Waals surface area contributed by atoms with Crippen LogP contribution in [0.1, 0.15) is 18.9 Å². The lowest BCUT2D eigenvalue weighted by Gasteiger charge is -2.13. The lowest BCUT2D eigenvalue weighted by atomic mass is 9.85. The summed E-state index contributed by atoms with van der Waals surface area (Å²) >= 11 is 0. The van der Waals surface area contributed by atoms with Gasteiger partial charge in [0.1, 0.15) is 0 Å². The monoisotopic (exact) mass is 340 g/mol. The highest BCUT2D eigenvalue weighted by Gasteiger charge is 2.59. The Morgan fingerprint density at radius 2 is 1.84 bits per heavy atom. The van der Waals surface area contributed by atoms with Gasteiger partial charge in [0.2, 0.25) is 0 Å². The third-order valence-corrected chi connectivity index (χ3v) is 5.26. The van der Waals surface area contributed by atoms with Crippen LogP contribution >= 0.6 is 0 Å². The fraction of sp³-hybridized carbons (Fsp3) is 0.421. The minimum atomic E-state index is -0.227. The van der Waals surface area contributed by atoms with Crippen molar-refractivity contribution in [2.24, 2.45) is 28.8 Å². The molecule has 4 rings (SSSR count). The summed E-state index contributed by atoms with van der Waals surface area (Å²) in [5.74, 6) is 0.804. The van der Waals surface area contributed by atoms with Crippen molar-refractivity contribution in [3.63, 3.8) is 0 Å². The van der Waals surface area contributed by atoms with Gasteiger partial charge < -0.3 is 9.47 Å². The predicted octanol–water partition coefficient (Wildman–Crippen LogP) is 2.23. The van der Waals surface area contributed by atoms with Crippen LogP contribution in [-0.4, -0.2) is 36.8 Å². The molecule has 1 aliphatic heterocycles. The van der Waals surface area contributed by atoms with Crippen molar-refractivity contribution >= 4 is 18.0 Å². The number of amides is 2. The predicted molar refractivity (Wildman–Crippen MR) is 91.3 cm³/mol. The number of rotatable bonds is 5. The Bertz CT molecular complexity index is 756. The number of benzene rings is 1. The zero-order valence-corrected chi connectivity index (χ0v) is 14.2. The van der Waals surface area contributed by atoms with Crippen molar-refractivity contribution in [3.05, 3.63) is 35.9 Å². The Morgan fingerprint density at radius 1 is 1.16 bits per heavy atom. The molecule has 2 bridgehead atoms. The molecule has 25 heavy (non-hydrogen) atoms. The maximum atomic E-state index is 12.6. The summed E-state index contributed by atoms with van der Waals surface area (Å²) in [6.07, 6.45) is 6.58. The van der Waals surface area contributed by atoms with Crippen LogP contribution in [0.25, 0.3) is 0 Å².